The number of benzene rings is 1. The zero-order valence-corrected chi connectivity index (χ0v) is 11.9. The molecular weight excluding hydrogens is 276 g/mol. The summed E-state index contributed by atoms with van der Waals surface area (Å²) in [6.45, 7) is 2.07. The molecule has 1 aliphatic carbocycles. The fourth-order valence-corrected chi connectivity index (χ4v) is 2.83. The predicted octanol–water partition coefficient (Wildman–Crippen LogP) is 4.45. The van der Waals surface area contributed by atoms with E-state index in [1.165, 1.54) is 24.8 Å². The third-order valence-corrected chi connectivity index (χ3v) is 4.55. The highest BCUT2D eigenvalue weighted by molar-refractivity contribution is 9.10. The first kappa shape index (κ1) is 12.8. The second kappa shape index (κ2) is 5.81. The van der Waals surface area contributed by atoms with Gasteiger partial charge in [0.25, 0.3) is 0 Å². The van der Waals surface area contributed by atoms with Gasteiger partial charge in [-0.3, -0.25) is 4.79 Å². The number of ketones is 1. The Morgan fingerprint density at radius 3 is 2.65 bits per heavy atom. The van der Waals surface area contributed by atoms with Crippen LogP contribution in [0.25, 0.3) is 0 Å². The molecule has 1 saturated carbocycles. The van der Waals surface area contributed by atoms with Crippen LogP contribution in [0.3, 0.4) is 0 Å². The van der Waals surface area contributed by atoms with E-state index in [2.05, 4.69) is 35.0 Å². The van der Waals surface area contributed by atoms with Crippen LogP contribution < -0.4 is 0 Å². The lowest BCUT2D eigenvalue weighted by molar-refractivity contribution is -0.123. The van der Waals surface area contributed by atoms with Gasteiger partial charge >= 0.3 is 0 Å². The average Bonchev–Trinajstić information content (AvgIpc) is 2.35. The predicted molar refractivity (Wildman–Crippen MR) is 74.2 cm³/mol. The molecule has 1 aromatic rings. The molecular formula is C15H19BrO. The highest BCUT2D eigenvalue weighted by atomic mass is 79.9. The second-order valence-corrected chi connectivity index (χ2v) is 5.92. The van der Waals surface area contributed by atoms with Crippen molar-refractivity contribution in [2.75, 3.05) is 0 Å². The van der Waals surface area contributed by atoms with Crippen molar-refractivity contribution in [2.24, 2.45) is 5.92 Å². The molecule has 0 heterocycles. The molecule has 0 spiro atoms. The molecule has 1 aromatic carbocycles. The molecule has 0 aliphatic heterocycles. The van der Waals surface area contributed by atoms with Gasteiger partial charge in [-0.1, -0.05) is 47.3 Å². The summed E-state index contributed by atoms with van der Waals surface area (Å²) in [4.78, 5) is 12.2. The van der Waals surface area contributed by atoms with Crippen LogP contribution in [-0.4, -0.2) is 5.78 Å². The Balaban J connectivity index is 1.99. The van der Waals surface area contributed by atoms with Crippen molar-refractivity contribution in [1.29, 1.82) is 0 Å². The summed E-state index contributed by atoms with van der Waals surface area (Å²) in [7, 11) is 0. The fraction of sp³-hybridized carbons (Fsp3) is 0.533. The largest absolute Gasteiger partial charge is 0.299 e. The fourth-order valence-electron chi connectivity index (χ4n) is 2.59. The zero-order chi connectivity index (χ0) is 12.3. The van der Waals surface area contributed by atoms with Crippen LogP contribution in [0.5, 0.6) is 0 Å². The van der Waals surface area contributed by atoms with Crippen molar-refractivity contribution >= 4 is 21.7 Å². The molecule has 2 heteroatoms. The van der Waals surface area contributed by atoms with Gasteiger partial charge in [0, 0.05) is 16.8 Å². The van der Waals surface area contributed by atoms with E-state index in [9.17, 15) is 4.79 Å². The maximum absolute atomic E-state index is 12.2. The Morgan fingerprint density at radius 1 is 1.29 bits per heavy atom. The van der Waals surface area contributed by atoms with E-state index in [4.69, 9.17) is 0 Å². The Bertz CT molecular complexity index is 405. The summed E-state index contributed by atoms with van der Waals surface area (Å²) in [5, 5.41) is 0. The minimum absolute atomic E-state index is 0.327. The number of aryl methyl sites for hydroxylation is 1. The summed E-state index contributed by atoms with van der Waals surface area (Å²) < 4.78 is 1.12. The van der Waals surface area contributed by atoms with E-state index in [1.807, 2.05) is 6.07 Å². The quantitative estimate of drug-likeness (QED) is 0.805. The number of hydrogen-bond donors (Lipinski definition) is 0. The second-order valence-electron chi connectivity index (χ2n) is 5.06. The van der Waals surface area contributed by atoms with Crippen molar-refractivity contribution < 1.29 is 4.79 Å². The summed E-state index contributed by atoms with van der Waals surface area (Å²) in [5.41, 5.74) is 2.36. The Morgan fingerprint density at radius 2 is 2.00 bits per heavy atom. The summed E-state index contributed by atoms with van der Waals surface area (Å²) in [5.74, 6) is 0.763. The van der Waals surface area contributed by atoms with Gasteiger partial charge in [0.1, 0.15) is 5.78 Å². The van der Waals surface area contributed by atoms with Crippen molar-refractivity contribution in [3.05, 3.63) is 33.8 Å². The molecule has 2 rings (SSSR count). The number of rotatable bonds is 3. The summed E-state index contributed by atoms with van der Waals surface area (Å²) >= 11 is 3.49. The molecule has 0 atom stereocenters. The normalized spacial score (nSPS) is 17.1. The number of carbonyl (C=O) groups is 1. The van der Waals surface area contributed by atoms with E-state index in [1.54, 1.807) is 0 Å². The van der Waals surface area contributed by atoms with E-state index >= 15 is 0 Å². The Hall–Kier alpha value is -0.630. The minimum atomic E-state index is 0.327. The van der Waals surface area contributed by atoms with Crippen molar-refractivity contribution in [3.8, 4) is 0 Å². The van der Waals surface area contributed by atoms with E-state index in [0.29, 0.717) is 18.1 Å². The van der Waals surface area contributed by atoms with Crippen LogP contribution in [0.15, 0.2) is 22.7 Å². The Labute approximate surface area is 112 Å². The molecule has 0 amide bonds. The lowest BCUT2D eigenvalue weighted by Crippen LogP contribution is -2.19. The smallest absolute Gasteiger partial charge is 0.140 e. The van der Waals surface area contributed by atoms with Gasteiger partial charge in [0.2, 0.25) is 0 Å². The first-order chi connectivity index (χ1) is 8.16. The highest BCUT2D eigenvalue weighted by Gasteiger charge is 2.20. The van der Waals surface area contributed by atoms with E-state index < -0.39 is 0 Å². The van der Waals surface area contributed by atoms with Crippen molar-refractivity contribution in [1.82, 2.24) is 0 Å². The standard InChI is InChI=1S/C15H19BrO/c1-11-9-12(7-8-14(11)16)10-15(17)13-5-3-2-4-6-13/h7-9,13H,2-6,10H2,1H3. The van der Waals surface area contributed by atoms with Gasteiger partial charge in [-0.15, -0.1) is 0 Å². The first-order valence-electron chi connectivity index (χ1n) is 6.44. The molecule has 1 aliphatic rings. The maximum atomic E-state index is 12.2. The van der Waals surface area contributed by atoms with Gasteiger partial charge in [-0.2, -0.15) is 0 Å². The molecule has 1 fully saturated rings. The molecule has 0 N–H and O–H groups in total. The summed E-state index contributed by atoms with van der Waals surface area (Å²) in [6, 6.07) is 6.21. The number of halogens is 1. The van der Waals surface area contributed by atoms with Gasteiger partial charge in [0.05, 0.1) is 0 Å². The first-order valence-corrected chi connectivity index (χ1v) is 7.24. The molecule has 0 radical (unpaired) electrons. The monoisotopic (exact) mass is 294 g/mol. The molecule has 1 nitrogen and oxygen atoms in total. The summed E-state index contributed by atoms with van der Waals surface area (Å²) in [6.07, 6.45) is 6.59. The maximum Gasteiger partial charge on any atom is 0.140 e. The van der Waals surface area contributed by atoms with Crippen LogP contribution in [0.1, 0.15) is 43.2 Å². The number of hydrogen-bond acceptors (Lipinski definition) is 1. The van der Waals surface area contributed by atoms with Crippen molar-refractivity contribution in [3.63, 3.8) is 0 Å². The number of Topliss-reactive ketones (excluding diaryl/α,β-unsaturated/α-hetero) is 1. The van der Waals surface area contributed by atoms with E-state index in [-0.39, 0.29) is 0 Å². The molecule has 0 aromatic heterocycles. The van der Waals surface area contributed by atoms with Gasteiger partial charge in [-0.25, -0.2) is 0 Å². The SMILES string of the molecule is Cc1cc(CC(=O)C2CCCCC2)ccc1Br. The highest BCUT2D eigenvalue weighted by Crippen LogP contribution is 2.26. The van der Waals surface area contributed by atoms with Crippen molar-refractivity contribution in [2.45, 2.75) is 45.4 Å². The molecule has 0 unspecified atom stereocenters. The molecule has 0 bridgehead atoms. The lowest BCUT2D eigenvalue weighted by atomic mass is 9.84. The van der Waals surface area contributed by atoms with Gasteiger partial charge in [0.15, 0.2) is 0 Å². The van der Waals surface area contributed by atoms with Crippen LogP contribution >= 0.6 is 15.9 Å². The van der Waals surface area contributed by atoms with E-state index in [0.717, 1.165) is 22.9 Å². The number of carbonyl (C=O) groups excluding carboxylic acids is 1. The van der Waals surface area contributed by atoms with Crippen LogP contribution in [0.4, 0.5) is 0 Å². The average molecular weight is 295 g/mol. The molecule has 0 saturated heterocycles. The van der Waals surface area contributed by atoms with Gasteiger partial charge in [-0.05, 0) is 37.0 Å². The zero-order valence-electron chi connectivity index (χ0n) is 10.3. The Kier molecular flexibility index (Phi) is 4.38. The van der Waals surface area contributed by atoms with Crippen LogP contribution in [-0.2, 0) is 11.2 Å². The van der Waals surface area contributed by atoms with Gasteiger partial charge < -0.3 is 0 Å². The minimum Gasteiger partial charge on any atom is -0.299 e. The third kappa shape index (κ3) is 3.41. The molecule has 17 heavy (non-hydrogen) atoms. The van der Waals surface area contributed by atoms with Crippen LogP contribution in [0, 0.1) is 12.8 Å². The third-order valence-electron chi connectivity index (χ3n) is 3.66. The topological polar surface area (TPSA) is 17.1 Å². The van der Waals surface area contributed by atoms with Crippen LogP contribution in [0.2, 0.25) is 0 Å². The lowest BCUT2D eigenvalue weighted by Gasteiger charge is -2.20. The molecule has 92 valence electrons.